The maximum Gasteiger partial charge on any atom is -0.0162 e. The molecule has 0 aromatic heterocycles. The minimum absolute atomic E-state index is 0.524. The zero-order chi connectivity index (χ0) is 11.0. The fraction of sp³-hybridized carbons (Fsp3) is 1.00. The van der Waals surface area contributed by atoms with Crippen molar-refractivity contribution >= 4 is 7.60 Å². The lowest BCUT2D eigenvalue weighted by atomic mass is 10.1. The predicted molar refractivity (Wildman–Crippen MR) is 55.1 cm³/mol. The van der Waals surface area contributed by atoms with Crippen molar-refractivity contribution in [3.05, 3.63) is 0 Å². The molecular weight excluding hydrogens is 199 g/mol. The summed E-state index contributed by atoms with van der Waals surface area (Å²) in [5, 5.41) is 0. The van der Waals surface area contributed by atoms with Crippen molar-refractivity contribution in [3.63, 3.8) is 0 Å². The Kier molecular flexibility index (Phi) is 7.52. The van der Waals surface area contributed by atoms with Crippen molar-refractivity contribution in [2.75, 3.05) is 0 Å². The summed E-state index contributed by atoms with van der Waals surface area (Å²) in [4.78, 5) is 21.1. The highest BCUT2D eigenvalue weighted by atomic mass is 31.2. The van der Waals surface area contributed by atoms with E-state index in [1.54, 1.807) is 0 Å². The van der Waals surface area contributed by atoms with Gasteiger partial charge in [0.2, 0.25) is 0 Å². The lowest BCUT2D eigenvalue weighted by Crippen LogP contribution is -2.23. The van der Waals surface area contributed by atoms with E-state index in [1.807, 2.05) is 0 Å². The normalized spacial score (nSPS) is 14.3. The Bertz CT molecular complexity index is 176. The van der Waals surface area contributed by atoms with E-state index in [4.69, 9.17) is 0 Å². The van der Waals surface area contributed by atoms with Crippen molar-refractivity contribution < 1.29 is 14.4 Å². The molecule has 4 heteroatoms. The minimum atomic E-state index is -4.32. The monoisotopic (exact) mass is 220 g/mol. The molecule has 0 aliphatic rings. The summed E-state index contributed by atoms with van der Waals surface area (Å²) >= 11 is 0. The molecule has 0 heterocycles. The summed E-state index contributed by atoms with van der Waals surface area (Å²) < 4.78 is 10.6. The van der Waals surface area contributed by atoms with Crippen molar-refractivity contribution in [2.45, 2.75) is 64.5 Å². The standard InChI is InChI=1S/C10H23O3P/c1-3-4-5-6-7-8-9-10(2)14(11,12)13/h10H,3-9H2,1-2H3,(H2,11,12,13)/p-2. The van der Waals surface area contributed by atoms with Gasteiger partial charge in [0.25, 0.3) is 0 Å². The molecule has 3 nitrogen and oxygen atoms in total. The van der Waals surface area contributed by atoms with Crippen molar-refractivity contribution in [2.24, 2.45) is 0 Å². The van der Waals surface area contributed by atoms with Gasteiger partial charge in [0.1, 0.15) is 0 Å². The van der Waals surface area contributed by atoms with Crippen LogP contribution in [0.5, 0.6) is 0 Å². The highest BCUT2D eigenvalue weighted by Gasteiger charge is 2.05. The molecule has 1 atom stereocenters. The topological polar surface area (TPSA) is 63.2 Å². The smallest absolute Gasteiger partial charge is 0.0162 e. The summed E-state index contributed by atoms with van der Waals surface area (Å²) in [6.07, 6.45) is 7.27. The molecule has 0 saturated carbocycles. The molecule has 0 rings (SSSR count). The Balaban J connectivity index is 3.32. The van der Waals surface area contributed by atoms with Crippen LogP contribution >= 0.6 is 7.60 Å². The Hall–Kier alpha value is 0.150. The van der Waals surface area contributed by atoms with E-state index in [-0.39, 0.29) is 0 Å². The molecule has 14 heavy (non-hydrogen) atoms. The van der Waals surface area contributed by atoms with Crippen LogP contribution in [0.25, 0.3) is 0 Å². The first kappa shape index (κ1) is 14.2. The van der Waals surface area contributed by atoms with Crippen LogP contribution in [0.3, 0.4) is 0 Å². The van der Waals surface area contributed by atoms with Gasteiger partial charge in [0, 0.05) is 0 Å². The second kappa shape index (κ2) is 7.44. The second-order valence-corrected chi connectivity index (χ2v) is 5.91. The van der Waals surface area contributed by atoms with E-state index in [2.05, 4.69) is 6.92 Å². The van der Waals surface area contributed by atoms with Gasteiger partial charge in [-0.05, 0) is 12.1 Å². The van der Waals surface area contributed by atoms with Gasteiger partial charge in [-0.25, -0.2) is 0 Å². The van der Waals surface area contributed by atoms with E-state index in [0.29, 0.717) is 6.42 Å². The third-order valence-electron chi connectivity index (χ3n) is 2.52. The van der Waals surface area contributed by atoms with Crippen LogP contribution in [0.1, 0.15) is 58.8 Å². The van der Waals surface area contributed by atoms with Crippen LogP contribution in [-0.4, -0.2) is 5.66 Å². The molecule has 0 saturated heterocycles. The molecule has 0 fully saturated rings. The highest BCUT2D eigenvalue weighted by molar-refractivity contribution is 7.49. The Labute approximate surface area is 87.1 Å². The van der Waals surface area contributed by atoms with Crippen LogP contribution in [0, 0.1) is 0 Å². The molecular formula is C10H21O3P-2. The molecule has 0 aliphatic carbocycles. The molecule has 0 bridgehead atoms. The quantitative estimate of drug-likeness (QED) is 0.464. The summed E-state index contributed by atoms with van der Waals surface area (Å²) in [7, 11) is -4.32. The molecule has 0 aliphatic heterocycles. The Morgan fingerprint density at radius 2 is 1.57 bits per heavy atom. The van der Waals surface area contributed by atoms with Crippen molar-refractivity contribution in [1.29, 1.82) is 0 Å². The van der Waals surface area contributed by atoms with Crippen molar-refractivity contribution in [3.8, 4) is 0 Å². The summed E-state index contributed by atoms with van der Waals surface area (Å²) in [5.74, 6) is 0. The van der Waals surface area contributed by atoms with Gasteiger partial charge >= 0.3 is 0 Å². The number of unbranched alkanes of at least 4 members (excludes halogenated alkanes) is 5. The average Bonchev–Trinajstić information content (AvgIpc) is 2.09. The van der Waals surface area contributed by atoms with Crippen LogP contribution in [0.2, 0.25) is 0 Å². The van der Waals surface area contributed by atoms with Gasteiger partial charge in [-0.15, -0.1) is 0 Å². The third kappa shape index (κ3) is 7.54. The number of hydrogen-bond acceptors (Lipinski definition) is 3. The molecule has 0 spiro atoms. The van der Waals surface area contributed by atoms with Crippen LogP contribution in [0.4, 0.5) is 0 Å². The van der Waals surface area contributed by atoms with Crippen LogP contribution in [-0.2, 0) is 4.57 Å². The maximum absolute atomic E-state index is 10.6. The fourth-order valence-electron chi connectivity index (χ4n) is 1.38. The van der Waals surface area contributed by atoms with Crippen LogP contribution in [0.15, 0.2) is 0 Å². The largest absolute Gasteiger partial charge is 0.811 e. The molecule has 0 radical (unpaired) electrons. The number of hydrogen-bond donors (Lipinski definition) is 0. The molecule has 0 aromatic rings. The van der Waals surface area contributed by atoms with E-state index in [0.717, 1.165) is 19.3 Å². The van der Waals surface area contributed by atoms with E-state index < -0.39 is 13.3 Å². The van der Waals surface area contributed by atoms with Crippen LogP contribution < -0.4 is 9.79 Å². The van der Waals surface area contributed by atoms with Gasteiger partial charge in [-0.2, -0.15) is 0 Å². The lowest BCUT2D eigenvalue weighted by molar-refractivity contribution is -0.316. The van der Waals surface area contributed by atoms with Gasteiger partial charge in [0.05, 0.1) is 0 Å². The summed E-state index contributed by atoms with van der Waals surface area (Å²) in [6.45, 7) is 3.67. The summed E-state index contributed by atoms with van der Waals surface area (Å²) in [5.41, 5.74) is -0.686. The molecule has 0 N–H and O–H groups in total. The average molecular weight is 220 g/mol. The van der Waals surface area contributed by atoms with Gasteiger partial charge in [0.15, 0.2) is 0 Å². The molecule has 86 valence electrons. The molecule has 1 unspecified atom stereocenters. The first-order valence-electron chi connectivity index (χ1n) is 5.50. The minimum Gasteiger partial charge on any atom is -0.811 e. The Morgan fingerprint density at radius 3 is 2.07 bits per heavy atom. The molecule has 0 amide bonds. The SMILES string of the molecule is CCCCCCCCC(C)P(=O)([O-])[O-]. The zero-order valence-electron chi connectivity index (χ0n) is 9.20. The first-order valence-corrected chi connectivity index (χ1v) is 7.11. The second-order valence-electron chi connectivity index (χ2n) is 3.95. The van der Waals surface area contributed by atoms with E-state index >= 15 is 0 Å². The van der Waals surface area contributed by atoms with Gasteiger partial charge < -0.3 is 14.4 Å². The van der Waals surface area contributed by atoms with Crippen molar-refractivity contribution in [1.82, 2.24) is 0 Å². The summed E-state index contributed by atoms with van der Waals surface area (Å²) in [6, 6.07) is 0. The zero-order valence-corrected chi connectivity index (χ0v) is 10.1. The lowest BCUT2D eigenvalue weighted by Gasteiger charge is -2.36. The number of rotatable bonds is 8. The predicted octanol–water partition coefficient (Wildman–Crippen LogP) is 2.04. The Morgan fingerprint density at radius 1 is 1.07 bits per heavy atom. The first-order chi connectivity index (χ1) is 6.48. The molecule has 0 aromatic carbocycles. The van der Waals surface area contributed by atoms with Gasteiger partial charge in [-0.1, -0.05) is 60.0 Å². The fourth-order valence-corrected chi connectivity index (χ4v) is 1.88. The van der Waals surface area contributed by atoms with Gasteiger partial charge in [-0.3, -0.25) is 0 Å². The van der Waals surface area contributed by atoms with E-state index in [1.165, 1.54) is 26.2 Å². The highest BCUT2D eigenvalue weighted by Crippen LogP contribution is 2.34. The third-order valence-corrected chi connectivity index (χ3v) is 3.85. The van der Waals surface area contributed by atoms with E-state index in [9.17, 15) is 14.4 Å². The maximum atomic E-state index is 10.6.